The predicted molar refractivity (Wildman–Crippen MR) is 535 cm³/mol. The Morgan fingerprint density at radius 1 is 0.343 bits per heavy atom. The fourth-order valence-electron chi connectivity index (χ4n) is 23.0. The highest BCUT2D eigenvalue weighted by Crippen LogP contribution is 2.49. The molecule has 27 nitrogen and oxygen atoms in total. The predicted octanol–water partition coefficient (Wildman–Crippen LogP) is 19.0. The highest BCUT2D eigenvalue weighted by molar-refractivity contribution is 5.91. The van der Waals surface area contributed by atoms with Gasteiger partial charge in [0, 0.05) is 179 Å². The Labute approximate surface area is 801 Å². The summed E-state index contributed by atoms with van der Waals surface area (Å²) in [4.78, 5) is 66.5. The van der Waals surface area contributed by atoms with Crippen LogP contribution in [-0.4, -0.2) is 237 Å². The first kappa shape index (κ1) is 90.8. The molecule has 24 rings (SSSR count). The lowest BCUT2D eigenvalue weighted by Gasteiger charge is -2.39. The summed E-state index contributed by atoms with van der Waals surface area (Å²) in [5, 5.41) is 26.4. The number of nitrogens with one attached hydrogen (secondary N) is 4. The molecule has 4 saturated carbocycles. The van der Waals surface area contributed by atoms with E-state index >= 15 is 0 Å². The lowest BCUT2D eigenvalue weighted by Crippen LogP contribution is -2.46. The molecule has 12 aliphatic rings. The standard InChI is InChI=1S/C28H29N5O.C28H32N4O2.C27H29N5O3.C27H31N5O2/c1-29-23-4-2-3-19(15-23)20-5-6-21-17-26-27(25(21)16-20)28(31-18-30-26)32-22-7-9-24(10-8-22)33-11-13-34-14-12-33;1-33-24-4-2-3-19(15-24)20-5-6-21-17-26-27(25(21)16-20)28(30-18-29-26)31-22-7-9-23(10-8-22)32-11-13-34-14-12-32;33-32(34)23-3-1-2-18(14-23)19-4-5-20-16-25-26(24(20)15-19)27(29-17-28-25)30-21-6-8-22(9-7-21)31-10-12-35-13-11-31;1-33-25-9-4-20(16-28-25)18-2-3-19-15-24-26(23(19)14-18)27(30-17-29-24)31-21-5-7-22(8-6-21)32-10-12-34-13-11-32/h2-6,15-16,18,22,24H,7-14,17H2,(H,30,31,32);2-6,15-16,18,22-23H,7-14,17H2,1H3,(H,29,30,31);1-5,14-15,17,21-22H,6-13,16H2,(H,28,29,30);2-4,9,14,16-17,21-22H,5-8,10-13,15H2,1H3,(H,29,30,31). The smallest absolute Gasteiger partial charge is 0.270 e. The number of aromatic nitrogens is 9. The molecule has 0 atom stereocenters. The molecule has 0 unspecified atom stereocenters. The third-order valence-electron chi connectivity index (χ3n) is 30.4. The third kappa shape index (κ3) is 20.6. The van der Waals surface area contributed by atoms with Gasteiger partial charge in [-0.25, -0.2) is 49.7 Å². The molecule has 8 fully saturated rings. The molecule has 4 N–H and O–H groups in total. The molecule has 0 bridgehead atoms. The van der Waals surface area contributed by atoms with Gasteiger partial charge in [0.2, 0.25) is 5.88 Å². The molecule has 7 aromatic carbocycles. The molecule has 137 heavy (non-hydrogen) atoms. The van der Waals surface area contributed by atoms with Gasteiger partial charge in [0.15, 0.2) is 5.69 Å². The van der Waals surface area contributed by atoms with Crippen LogP contribution in [0.5, 0.6) is 11.6 Å². The minimum atomic E-state index is -0.351. The summed E-state index contributed by atoms with van der Waals surface area (Å²) in [6.07, 6.45) is 31.0. The minimum Gasteiger partial charge on any atom is -0.497 e. The Hall–Kier alpha value is -12.6. The van der Waals surface area contributed by atoms with Crippen molar-refractivity contribution in [2.45, 2.75) is 177 Å². The molecule has 8 aliphatic carbocycles. The van der Waals surface area contributed by atoms with Gasteiger partial charge in [-0.1, -0.05) is 91.0 Å². The molecule has 0 spiro atoms. The maximum Gasteiger partial charge on any atom is 0.270 e. The molecule has 0 amide bonds. The van der Waals surface area contributed by atoms with Crippen LogP contribution in [0.15, 0.2) is 189 Å². The number of nitro groups is 1. The summed E-state index contributed by atoms with van der Waals surface area (Å²) >= 11 is 0. The van der Waals surface area contributed by atoms with Gasteiger partial charge < -0.3 is 49.7 Å². The molecule has 704 valence electrons. The molecule has 4 aliphatic heterocycles. The molecule has 9 heterocycles. The van der Waals surface area contributed by atoms with Crippen molar-refractivity contribution in [3.05, 3.63) is 256 Å². The van der Waals surface area contributed by atoms with E-state index in [9.17, 15) is 10.1 Å². The van der Waals surface area contributed by atoms with Crippen LogP contribution < -0.4 is 30.7 Å². The van der Waals surface area contributed by atoms with E-state index in [1.54, 1.807) is 51.7 Å². The van der Waals surface area contributed by atoms with Gasteiger partial charge in [0.25, 0.3) is 5.69 Å². The number of pyridine rings is 1. The number of hydrogen-bond acceptors (Lipinski definition) is 25. The van der Waals surface area contributed by atoms with Crippen molar-refractivity contribution in [1.29, 1.82) is 0 Å². The second-order valence-corrected chi connectivity index (χ2v) is 38.4. The van der Waals surface area contributed by atoms with Crippen molar-refractivity contribution in [3.8, 4) is 101 Å². The fourth-order valence-corrected chi connectivity index (χ4v) is 23.0. The molecular weight excluding hydrogens is 1720 g/mol. The van der Waals surface area contributed by atoms with E-state index in [2.05, 4.69) is 167 Å². The lowest BCUT2D eigenvalue weighted by molar-refractivity contribution is -0.384. The van der Waals surface area contributed by atoms with Crippen molar-refractivity contribution in [2.75, 3.05) is 141 Å². The number of fused-ring (bicyclic) bond motifs is 12. The van der Waals surface area contributed by atoms with Crippen molar-refractivity contribution in [1.82, 2.24) is 64.5 Å². The van der Waals surface area contributed by atoms with Gasteiger partial charge in [0.05, 0.1) is 101 Å². The highest BCUT2D eigenvalue weighted by Gasteiger charge is 2.37. The monoisotopic (exact) mass is 1840 g/mol. The Kier molecular flexibility index (Phi) is 27.9. The van der Waals surface area contributed by atoms with Crippen LogP contribution in [0.4, 0.5) is 34.6 Å². The number of methoxy groups -OCH3 is 2. The second-order valence-electron chi connectivity index (χ2n) is 38.4. The fraction of sp³-hybridized carbons (Fsp3) is 0.418. The Bertz CT molecular complexity index is 6320. The number of morpholine rings is 4. The zero-order valence-electron chi connectivity index (χ0n) is 78.4. The number of nitro benzene ring substituents is 1. The van der Waals surface area contributed by atoms with Crippen molar-refractivity contribution >= 4 is 34.6 Å². The van der Waals surface area contributed by atoms with Crippen LogP contribution in [0.25, 0.3) is 93.9 Å². The van der Waals surface area contributed by atoms with Gasteiger partial charge in [-0.3, -0.25) is 29.7 Å². The van der Waals surface area contributed by atoms with Crippen LogP contribution in [0.2, 0.25) is 0 Å². The minimum absolute atomic E-state index is 0.0989. The second kappa shape index (κ2) is 42.1. The largest absolute Gasteiger partial charge is 0.497 e. The third-order valence-corrected chi connectivity index (χ3v) is 30.4. The summed E-state index contributed by atoms with van der Waals surface area (Å²) in [7, 11) is 3.35. The van der Waals surface area contributed by atoms with E-state index in [1.807, 2.05) is 54.7 Å². The summed E-state index contributed by atoms with van der Waals surface area (Å²) in [5.74, 6) is 5.32. The van der Waals surface area contributed by atoms with Gasteiger partial charge >= 0.3 is 0 Å². The summed E-state index contributed by atoms with van der Waals surface area (Å²) in [5.41, 5.74) is 28.2. The van der Waals surface area contributed by atoms with E-state index in [0.29, 0.717) is 59.9 Å². The summed E-state index contributed by atoms with van der Waals surface area (Å²) in [6.45, 7) is 22.8. The highest BCUT2D eigenvalue weighted by atomic mass is 16.6. The Morgan fingerprint density at radius 2 is 0.650 bits per heavy atom. The van der Waals surface area contributed by atoms with Crippen LogP contribution in [0.3, 0.4) is 0 Å². The first-order chi connectivity index (χ1) is 67.5. The van der Waals surface area contributed by atoms with Crippen LogP contribution >= 0.6 is 0 Å². The zero-order chi connectivity index (χ0) is 92.5. The maximum absolute atomic E-state index is 11.3. The quantitative estimate of drug-likeness (QED) is 0.0332. The maximum atomic E-state index is 11.3. The average molecular weight is 1840 g/mol. The SMILES string of the molecule is COc1ccc(-c2ccc3c(c2)-c2c(ncnc2NC2CCC(N4CCOCC4)CC2)C3)cn1.COc1cccc(-c2ccc3c(c2)-c2c(ncnc2NC2CCC(N4CCOCC4)CC2)C3)c1.O=[N+]([O-])c1cccc(-c2ccc3c(c2)-c2c(ncnc2NC2CCC(N4CCOCC4)CC2)C3)c1.[C-]#[N+]c1cccc(-c2ccc3c(c2)-c2c(ncnc2NC2CCC(N4CCOCC4)CC2)C3)c1. The van der Waals surface area contributed by atoms with Gasteiger partial charge in [-0.05, 0) is 235 Å². The van der Waals surface area contributed by atoms with Crippen molar-refractivity contribution in [2.24, 2.45) is 0 Å². The molecule has 27 heteroatoms. The van der Waals surface area contributed by atoms with E-state index in [0.717, 1.165) is 270 Å². The lowest BCUT2D eigenvalue weighted by atomic mass is 9.89. The molecule has 0 radical (unpaired) electrons. The van der Waals surface area contributed by atoms with Crippen LogP contribution in [0.1, 0.15) is 148 Å². The topological polar surface area (TPSA) is 280 Å². The first-order valence-corrected chi connectivity index (χ1v) is 49.6. The molecular formula is C110H121N19O8. The van der Waals surface area contributed by atoms with Gasteiger partial charge in [-0.2, -0.15) is 0 Å². The zero-order valence-corrected chi connectivity index (χ0v) is 78.4. The number of rotatable bonds is 19. The molecule has 5 aromatic heterocycles. The average Bonchev–Trinajstić information content (AvgIpc) is 1.63. The normalized spacial score (nSPS) is 22.0. The van der Waals surface area contributed by atoms with Gasteiger partial charge in [0.1, 0.15) is 54.3 Å². The molecule has 12 aromatic rings. The first-order valence-electron chi connectivity index (χ1n) is 49.6. The van der Waals surface area contributed by atoms with E-state index in [4.69, 9.17) is 49.9 Å². The van der Waals surface area contributed by atoms with E-state index in [1.165, 1.54) is 133 Å². The van der Waals surface area contributed by atoms with E-state index < -0.39 is 0 Å². The van der Waals surface area contributed by atoms with Crippen LogP contribution in [0, 0.1) is 16.7 Å². The number of hydrogen-bond donors (Lipinski definition) is 4. The number of non-ortho nitro benzene ring substituents is 1. The number of benzene rings is 7. The van der Waals surface area contributed by atoms with E-state index in [-0.39, 0.29) is 10.6 Å². The number of ether oxygens (including phenoxy) is 6. The Morgan fingerprint density at radius 3 is 0.964 bits per heavy atom. The number of anilines is 4. The Balaban J connectivity index is 0.000000109. The van der Waals surface area contributed by atoms with Gasteiger partial charge in [-0.15, -0.1) is 0 Å². The van der Waals surface area contributed by atoms with Crippen molar-refractivity contribution in [3.63, 3.8) is 0 Å². The van der Waals surface area contributed by atoms with Crippen molar-refractivity contribution < 1.29 is 33.3 Å². The number of nitrogens with zero attached hydrogens (tertiary/aromatic N) is 15. The van der Waals surface area contributed by atoms with Crippen LogP contribution in [-0.2, 0) is 44.6 Å². The summed E-state index contributed by atoms with van der Waals surface area (Å²) < 4.78 is 32.8. The molecule has 4 saturated heterocycles. The summed E-state index contributed by atoms with van der Waals surface area (Å²) in [6, 6.07) is 57.6.